The van der Waals surface area contributed by atoms with Crippen LogP contribution in [0.15, 0.2) is 46.1 Å². The maximum absolute atomic E-state index is 12.1. The minimum atomic E-state index is -0.542. The van der Waals surface area contributed by atoms with E-state index in [4.69, 9.17) is 0 Å². The van der Waals surface area contributed by atoms with Gasteiger partial charge in [-0.3, -0.25) is 19.4 Å². The summed E-state index contributed by atoms with van der Waals surface area (Å²) in [5.41, 5.74) is 0.885. The zero-order chi connectivity index (χ0) is 18.7. The van der Waals surface area contributed by atoms with Crippen LogP contribution in [0, 0.1) is 0 Å². The molecule has 8 heteroatoms. The number of hydrogen-bond donors (Lipinski definition) is 2. The molecule has 1 aromatic carbocycles. The number of benzene rings is 1. The van der Waals surface area contributed by atoms with Gasteiger partial charge in [-0.15, -0.1) is 0 Å². The topological polar surface area (TPSA) is 104 Å². The summed E-state index contributed by atoms with van der Waals surface area (Å²) >= 11 is 0. The minimum Gasteiger partial charge on any atom is -0.355 e. The molecule has 0 aliphatic carbocycles. The van der Waals surface area contributed by atoms with E-state index in [0.29, 0.717) is 13.0 Å². The van der Waals surface area contributed by atoms with Crippen molar-refractivity contribution < 1.29 is 9.59 Å². The normalized spacial score (nSPS) is 16.3. The summed E-state index contributed by atoms with van der Waals surface area (Å²) in [5.74, 6) is -0.274. The van der Waals surface area contributed by atoms with Crippen LogP contribution in [0.25, 0.3) is 0 Å². The van der Waals surface area contributed by atoms with Crippen molar-refractivity contribution in [1.82, 2.24) is 14.9 Å². The van der Waals surface area contributed by atoms with E-state index in [1.807, 2.05) is 24.3 Å². The van der Waals surface area contributed by atoms with Crippen molar-refractivity contribution in [2.45, 2.75) is 25.3 Å². The fourth-order valence-corrected chi connectivity index (χ4v) is 3.08. The van der Waals surface area contributed by atoms with Crippen molar-refractivity contribution in [3.63, 3.8) is 0 Å². The van der Waals surface area contributed by atoms with Gasteiger partial charge < -0.3 is 14.8 Å². The fourth-order valence-electron chi connectivity index (χ4n) is 3.08. The molecule has 1 atom stereocenters. The molecule has 1 aliphatic heterocycles. The van der Waals surface area contributed by atoms with Crippen molar-refractivity contribution in [1.29, 1.82) is 0 Å². The van der Waals surface area contributed by atoms with Gasteiger partial charge in [0.25, 0.3) is 5.56 Å². The van der Waals surface area contributed by atoms with Gasteiger partial charge in [0.15, 0.2) is 0 Å². The lowest BCUT2D eigenvalue weighted by atomic mass is 9.89. The van der Waals surface area contributed by atoms with Gasteiger partial charge in [-0.25, -0.2) is 4.79 Å². The van der Waals surface area contributed by atoms with Crippen molar-refractivity contribution in [3.05, 3.63) is 62.9 Å². The van der Waals surface area contributed by atoms with Crippen LogP contribution in [0.5, 0.6) is 0 Å². The molecule has 0 saturated heterocycles. The third-order valence-electron chi connectivity index (χ3n) is 4.56. The zero-order valence-corrected chi connectivity index (χ0v) is 14.4. The number of amides is 2. The first kappa shape index (κ1) is 17.7. The van der Waals surface area contributed by atoms with Gasteiger partial charge in [0.2, 0.25) is 11.8 Å². The molecular formula is C18H20N4O4. The van der Waals surface area contributed by atoms with Crippen LogP contribution in [0.2, 0.25) is 0 Å². The van der Waals surface area contributed by atoms with Crippen LogP contribution in [-0.4, -0.2) is 35.0 Å². The molecule has 136 valence electrons. The molecule has 2 amide bonds. The summed E-state index contributed by atoms with van der Waals surface area (Å²) in [6.07, 6.45) is 1.81. The highest BCUT2D eigenvalue weighted by atomic mass is 16.2. The second-order valence-corrected chi connectivity index (χ2v) is 6.27. The van der Waals surface area contributed by atoms with Gasteiger partial charge in [-0.2, -0.15) is 0 Å². The highest BCUT2D eigenvalue weighted by Gasteiger charge is 2.28. The predicted molar refractivity (Wildman–Crippen MR) is 96.2 cm³/mol. The molecule has 0 fully saturated rings. The van der Waals surface area contributed by atoms with Gasteiger partial charge >= 0.3 is 5.69 Å². The lowest BCUT2D eigenvalue weighted by Crippen LogP contribution is -2.38. The molecule has 0 radical (unpaired) electrons. The Bertz CT molecular complexity index is 946. The van der Waals surface area contributed by atoms with Crippen molar-refractivity contribution in [3.8, 4) is 0 Å². The predicted octanol–water partition coefficient (Wildman–Crippen LogP) is 0.193. The molecule has 2 N–H and O–H groups in total. The first-order chi connectivity index (χ1) is 12.5. The van der Waals surface area contributed by atoms with Gasteiger partial charge in [0.05, 0.1) is 0 Å². The number of rotatable bonds is 5. The van der Waals surface area contributed by atoms with E-state index in [1.165, 1.54) is 16.8 Å². The number of aromatic nitrogens is 2. The second-order valence-electron chi connectivity index (χ2n) is 6.27. The fraction of sp³-hybridized carbons (Fsp3) is 0.333. The van der Waals surface area contributed by atoms with Gasteiger partial charge in [0, 0.05) is 56.8 Å². The van der Waals surface area contributed by atoms with Crippen LogP contribution >= 0.6 is 0 Å². The maximum Gasteiger partial charge on any atom is 0.328 e. The Morgan fingerprint density at radius 1 is 1.23 bits per heavy atom. The Labute approximate surface area is 149 Å². The van der Waals surface area contributed by atoms with E-state index in [2.05, 4.69) is 10.3 Å². The van der Waals surface area contributed by atoms with Crippen LogP contribution < -0.4 is 21.5 Å². The van der Waals surface area contributed by atoms with Crippen LogP contribution in [0.3, 0.4) is 0 Å². The molecular weight excluding hydrogens is 336 g/mol. The lowest BCUT2D eigenvalue weighted by Gasteiger charge is -2.31. The molecule has 2 heterocycles. The average molecular weight is 356 g/mol. The summed E-state index contributed by atoms with van der Waals surface area (Å²) in [7, 11) is 1.75. The molecule has 26 heavy (non-hydrogen) atoms. The van der Waals surface area contributed by atoms with E-state index in [0.717, 1.165) is 11.3 Å². The van der Waals surface area contributed by atoms with E-state index in [-0.39, 0.29) is 30.7 Å². The highest BCUT2D eigenvalue weighted by Crippen LogP contribution is 2.34. The number of fused-ring (bicyclic) bond motifs is 1. The summed E-state index contributed by atoms with van der Waals surface area (Å²) < 4.78 is 1.27. The number of anilines is 1. The lowest BCUT2D eigenvalue weighted by molar-refractivity contribution is -0.122. The van der Waals surface area contributed by atoms with E-state index < -0.39 is 11.2 Å². The summed E-state index contributed by atoms with van der Waals surface area (Å²) in [4.78, 5) is 50.6. The minimum absolute atomic E-state index is 0.0164. The number of nitrogens with zero attached hydrogens (tertiary/aromatic N) is 2. The van der Waals surface area contributed by atoms with Crippen molar-refractivity contribution >= 4 is 17.5 Å². The number of aromatic amines is 1. The van der Waals surface area contributed by atoms with Crippen molar-refractivity contribution in [2.24, 2.45) is 0 Å². The zero-order valence-electron chi connectivity index (χ0n) is 14.4. The molecule has 0 unspecified atom stereocenters. The Hall–Kier alpha value is -3.16. The number of carbonyl (C=O) groups is 2. The SMILES string of the molecule is CN1C(=O)C[C@H](CNC(=O)CCn2ccc(=O)[nH]c2=O)c2ccccc21. The molecule has 8 nitrogen and oxygen atoms in total. The molecule has 3 rings (SSSR count). The largest absolute Gasteiger partial charge is 0.355 e. The number of H-pyrrole nitrogens is 1. The molecule has 1 aromatic heterocycles. The monoisotopic (exact) mass is 356 g/mol. The Kier molecular flexibility index (Phi) is 5.01. The smallest absolute Gasteiger partial charge is 0.328 e. The summed E-state index contributed by atoms with van der Waals surface area (Å²) in [6.45, 7) is 0.528. The molecule has 0 saturated carbocycles. The first-order valence-electron chi connectivity index (χ1n) is 8.37. The summed E-state index contributed by atoms with van der Waals surface area (Å²) in [5, 5.41) is 2.83. The average Bonchev–Trinajstić information content (AvgIpc) is 2.63. The van der Waals surface area contributed by atoms with Crippen LogP contribution in [0.1, 0.15) is 24.3 Å². The quantitative estimate of drug-likeness (QED) is 0.798. The summed E-state index contributed by atoms with van der Waals surface area (Å²) in [6, 6.07) is 8.89. The van der Waals surface area contributed by atoms with Gasteiger partial charge in [-0.05, 0) is 11.6 Å². The van der Waals surface area contributed by atoms with E-state index in [1.54, 1.807) is 11.9 Å². The Morgan fingerprint density at radius 2 is 2.00 bits per heavy atom. The maximum atomic E-state index is 12.1. The number of carbonyl (C=O) groups excluding carboxylic acids is 2. The standard InChI is InChI=1S/C18H20N4O4/c1-21-14-5-3-2-4-13(14)12(10-17(21)25)11-19-15(23)6-8-22-9-7-16(24)20-18(22)26/h2-5,7,9,12H,6,8,10-11H2,1H3,(H,19,23)(H,20,24,26)/t12-/m1/s1. The third kappa shape index (κ3) is 3.74. The number of hydrogen-bond acceptors (Lipinski definition) is 4. The second kappa shape index (κ2) is 7.38. The number of aryl methyl sites for hydroxylation is 1. The van der Waals surface area contributed by atoms with Crippen LogP contribution in [-0.2, 0) is 16.1 Å². The van der Waals surface area contributed by atoms with E-state index in [9.17, 15) is 19.2 Å². The molecule has 0 bridgehead atoms. The van der Waals surface area contributed by atoms with Crippen molar-refractivity contribution in [2.75, 3.05) is 18.5 Å². The Balaban J connectivity index is 1.59. The molecule has 2 aromatic rings. The van der Waals surface area contributed by atoms with Crippen LogP contribution in [0.4, 0.5) is 5.69 Å². The molecule has 0 spiro atoms. The van der Waals surface area contributed by atoms with Gasteiger partial charge in [0.1, 0.15) is 0 Å². The van der Waals surface area contributed by atoms with E-state index >= 15 is 0 Å². The highest BCUT2D eigenvalue weighted by molar-refractivity contribution is 5.96. The molecule has 1 aliphatic rings. The number of nitrogens with one attached hydrogen (secondary N) is 2. The first-order valence-corrected chi connectivity index (χ1v) is 8.37. The van der Waals surface area contributed by atoms with Gasteiger partial charge in [-0.1, -0.05) is 18.2 Å². The Morgan fingerprint density at radius 3 is 2.77 bits per heavy atom. The third-order valence-corrected chi connectivity index (χ3v) is 4.56. The number of para-hydroxylation sites is 1.